The van der Waals surface area contributed by atoms with E-state index in [-0.39, 0.29) is 11.8 Å². The average Bonchev–Trinajstić information content (AvgIpc) is 3.23. The number of carbonyl (C=O) groups is 1. The molecule has 0 saturated heterocycles. The molecule has 0 atom stereocenters. The van der Waals surface area contributed by atoms with Gasteiger partial charge in [0.05, 0.1) is 12.2 Å². The van der Waals surface area contributed by atoms with Crippen molar-refractivity contribution in [3.63, 3.8) is 0 Å². The molecule has 1 aliphatic rings. The van der Waals surface area contributed by atoms with E-state index in [0.29, 0.717) is 12.6 Å². The molecule has 0 spiro atoms. The van der Waals surface area contributed by atoms with Crippen LogP contribution >= 0.6 is 0 Å². The molecule has 1 N–H and O–H groups in total. The SMILES string of the molecule is CCN(CC(=O)Nc1ccc2nnc(C(C)C)n2c1)C1CC1. The fourth-order valence-corrected chi connectivity index (χ4v) is 2.70. The molecular weight excluding hydrogens is 278 g/mol. The quantitative estimate of drug-likeness (QED) is 0.889. The number of aromatic nitrogens is 3. The van der Waals surface area contributed by atoms with Crippen LogP contribution in [0, 0.1) is 0 Å². The summed E-state index contributed by atoms with van der Waals surface area (Å²) in [5, 5.41) is 11.3. The Labute approximate surface area is 130 Å². The van der Waals surface area contributed by atoms with Crippen molar-refractivity contribution in [2.24, 2.45) is 0 Å². The minimum Gasteiger partial charge on any atom is -0.324 e. The first kappa shape index (κ1) is 15.0. The molecule has 1 amide bonds. The van der Waals surface area contributed by atoms with Crippen molar-refractivity contribution in [2.75, 3.05) is 18.4 Å². The second-order valence-corrected chi connectivity index (χ2v) is 6.20. The zero-order valence-electron chi connectivity index (χ0n) is 13.4. The largest absolute Gasteiger partial charge is 0.324 e. The van der Waals surface area contributed by atoms with Crippen LogP contribution in [0.2, 0.25) is 0 Å². The van der Waals surface area contributed by atoms with Gasteiger partial charge in [0.1, 0.15) is 5.82 Å². The molecule has 0 unspecified atom stereocenters. The molecule has 6 heteroatoms. The molecule has 0 radical (unpaired) electrons. The molecule has 0 aliphatic heterocycles. The number of rotatable bonds is 6. The van der Waals surface area contributed by atoms with Crippen LogP contribution in [0.15, 0.2) is 18.3 Å². The van der Waals surface area contributed by atoms with Gasteiger partial charge < -0.3 is 5.32 Å². The lowest BCUT2D eigenvalue weighted by Gasteiger charge is -2.19. The number of amides is 1. The summed E-state index contributed by atoms with van der Waals surface area (Å²) in [7, 11) is 0. The fourth-order valence-electron chi connectivity index (χ4n) is 2.70. The average molecular weight is 301 g/mol. The Kier molecular flexibility index (Phi) is 4.11. The summed E-state index contributed by atoms with van der Waals surface area (Å²) < 4.78 is 1.94. The minimum absolute atomic E-state index is 0.0345. The molecular formula is C16H23N5O. The number of fused-ring (bicyclic) bond motifs is 1. The van der Waals surface area contributed by atoms with Crippen molar-refractivity contribution in [3.8, 4) is 0 Å². The predicted molar refractivity (Wildman–Crippen MR) is 86.0 cm³/mol. The van der Waals surface area contributed by atoms with E-state index in [4.69, 9.17) is 0 Å². The molecule has 1 aliphatic carbocycles. The van der Waals surface area contributed by atoms with Crippen molar-refractivity contribution >= 4 is 17.2 Å². The van der Waals surface area contributed by atoms with Gasteiger partial charge in [0.25, 0.3) is 0 Å². The van der Waals surface area contributed by atoms with Crippen molar-refractivity contribution in [3.05, 3.63) is 24.2 Å². The van der Waals surface area contributed by atoms with E-state index in [1.165, 1.54) is 12.8 Å². The number of carbonyl (C=O) groups excluding carboxylic acids is 1. The number of nitrogens with one attached hydrogen (secondary N) is 1. The number of pyridine rings is 1. The minimum atomic E-state index is 0.0345. The summed E-state index contributed by atoms with van der Waals surface area (Å²) in [4.78, 5) is 14.4. The van der Waals surface area contributed by atoms with Crippen molar-refractivity contribution in [1.82, 2.24) is 19.5 Å². The lowest BCUT2D eigenvalue weighted by molar-refractivity contribution is -0.117. The van der Waals surface area contributed by atoms with Gasteiger partial charge in [-0.1, -0.05) is 20.8 Å². The summed E-state index contributed by atoms with van der Waals surface area (Å²) >= 11 is 0. The molecule has 2 heterocycles. The maximum absolute atomic E-state index is 12.2. The van der Waals surface area contributed by atoms with E-state index in [9.17, 15) is 4.79 Å². The Morgan fingerprint density at radius 3 is 2.82 bits per heavy atom. The second kappa shape index (κ2) is 6.04. The number of nitrogens with zero attached hydrogens (tertiary/aromatic N) is 4. The topological polar surface area (TPSA) is 62.5 Å². The standard InChI is InChI=1S/C16H23N5O/c1-4-20(13-6-7-13)10-15(22)17-12-5-8-14-18-19-16(11(2)3)21(14)9-12/h5,8-9,11,13H,4,6-7,10H2,1-3H3,(H,17,22). The lowest BCUT2D eigenvalue weighted by Crippen LogP contribution is -2.34. The highest BCUT2D eigenvalue weighted by atomic mass is 16.2. The maximum atomic E-state index is 12.2. The Morgan fingerprint density at radius 1 is 1.41 bits per heavy atom. The zero-order chi connectivity index (χ0) is 15.7. The van der Waals surface area contributed by atoms with E-state index in [1.54, 1.807) is 0 Å². The first-order chi connectivity index (χ1) is 10.6. The van der Waals surface area contributed by atoms with Crippen LogP contribution in [-0.4, -0.2) is 44.5 Å². The highest BCUT2D eigenvalue weighted by Crippen LogP contribution is 2.26. The summed E-state index contributed by atoms with van der Waals surface area (Å²) in [5.74, 6) is 1.22. The molecule has 2 aromatic heterocycles. The lowest BCUT2D eigenvalue weighted by atomic mass is 10.2. The highest BCUT2D eigenvalue weighted by Gasteiger charge is 2.28. The van der Waals surface area contributed by atoms with Crippen LogP contribution in [0.5, 0.6) is 0 Å². The summed E-state index contributed by atoms with van der Waals surface area (Å²) in [6.07, 6.45) is 4.33. The van der Waals surface area contributed by atoms with Gasteiger partial charge in [-0.15, -0.1) is 10.2 Å². The molecule has 1 fully saturated rings. The molecule has 0 bridgehead atoms. The number of hydrogen-bond donors (Lipinski definition) is 1. The van der Waals surface area contributed by atoms with Gasteiger partial charge in [0.2, 0.25) is 5.91 Å². The smallest absolute Gasteiger partial charge is 0.238 e. The van der Waals surface area contributed by atoms with Crippen LogP contribution in [0.3, 0.4) is 0 Å². The first-order valence-electron chi connectivity index (χ1n) is 7.97. The second-order valence-electron chi connectivity index (χ2n) is 6.20. The van der Waals surface area contributed by atoms with Crippen LogP contribution < -0.4 is 5.32 Å². The Balaban J connectivity index is 1.72. The van der Waals surface area contributed by atoms with E-state index >= 15 is 0 Å². The third-order valence-corrected chi connectivity index (χ3v) is 4.05. The summed E-state index contributed by atoms with van der Waals surface area (Å²) in [5.41, 5.74) is 1.58. The van der Waals surface area contributed by atoms with Gasteiger partial charge in [-0.25, -0.2) is 0 Å². The molecule has 0 aromatic carbocycles. The Bertz CT molecular complexity index is 674. The van der Waals surface area contributed by atoms with Crippen LogP contribution in [0.1, 0.15) is 45.4 Å². The van der Waals surface area contributed by atoms with E-state index in [1.807, 2.05) is 22.7 Å². The van der Waals surface area contributed by atoms with E-state index in [0.717, 1.165) is 23.7 Å². The Morgan fingerprint density at radius 2 is 2.18 bits per heavy atom. The van der Waals surface area contributed by atoms with Crippen LogP contribution in [0.25, 0.3) is 5.65 Å². The molecule has 6 nitrogen and oxygen atoms in total. The first-order valence-corrected chi connectivity index (χ1v) is 7.97. The molecule has 1 saturated carbocycles. The van der Waals surface area contributed by atoms with Gasteiger partial charge in [0, 0.05) is 18.2 Å². The zero-order valence-corrected chi connectivity index (χ0v) is 13.4. The summed E-state index contributed by atoms with van der Waals surface area (Å²) in [6.45, 7) is 7.63. The van der Waals surface area contributed by atoms with Gasteiger partial charge in [-0.3, -0.25) is 14.1 Å². The number of likely N-dealkylation sites (N-methyl/N-ethyl adjacent to an activating group) is 1. The monoisotopic (exact) mass is 301 g/mol. The molecule has 118 valence electrons. The highest BCUT2D eigenvalue weighted by molar-refractivity contribution is 5.92. The van der Waals surface area contributed by atoms with Gasteiger partial charge in [0.15, 0.2) is 5.65 Å². The fraction of sp³-hybridized carbons (Fsp3) is 0.562. The van der Waals surface area contributed by atoms with Crippen molar-refractivity contribution < 1.29 is 4.79 Å². The van der Waals surface area contributed by atoms with E-state index in [2.05, 4.69) is 41.2 Å². The third-order valence-electron chi connectivity index (χ3n) is 4.05. The number of anilines is 1. The van der Waals surface area contributed by atoms with Crippen LogP contribution in [0.4, 0.5) is 5.69 Å². The maximum Gasteiger partial charge on any atom is 0.238 e. The van der Waals surface area contributed by atoms with Crippen molar-refractivity contribution in [2.45, 2.75) is 45.6 Å². The predicted octanol–water partition coefficient (Wildman–Crippen LogP) is 2.28. The molecule has 22 heavy (non-hydrogen) atoms. The van der Waals surface area contributed by atoms with Gasteiger partial charge >= 0.3 is 0 Å². The molecule has 2 aromatic rings. The molecule has 3 rings (SSSR count). The Hall–Kier alpha value is -1.95. The normalized spacial score (nSPS) is 15.0. The number of hydrogen-bond acceptors (Lipinski definition) is 4. The third kappa shape index (κ3) is 3.11. The van der Waals surface area contributed by atoms with Crippen LogP contribution in [-0.2, 0) is 4.79 Å². The van der Waals surface area contributed by atoms with Gasteiger partial charge in [-0.2, -0.15) is 0 Å². The van der Waals surface area contributed by atoms with Crippen molar-refractivity contribution in [1.29, 1.82) is 0 Å². The summed E-state index contributed by atoms with van der Waals surface area (Å²) in [6, 6.07) is 4.36. The van der Waals surface area contributed by atoms with E-state index < -0.39 is 0 Å². The van der Waals surface area contributed by atoms with Gasteiger partial charge in [-0.05, 0) is 31.5 Å².